The summed E-state index contributed by atoms with van der Waals surface area (Å²) in [4.78, 5) is 8.51. The second kappa shape index (κ2) is 5.25. The predicted molar refractivity (Wildman–Crippen MR) is 63.4 cm³/mol. The van der Waals surface area contributed by atoms with E-state index in [2.05, 4.69) is 22.2 Å². The fraction of sp³-hybridized carbons (Fsp3) is 0.667. The number of hydrogen-bond acceptors (Lipinski definition) is 4. The van der Waals surface area contributed by atoms with Crippen molar-refractivity contribution in [3.8, 4) is 0 Å². The lowest BCUT2D eigenvalue weighted by Gasteiger charge is -2.17. The molecule has 16 heavy (non-hydrogen) atoms. The molecule has 4 nitrogen and oxygen atoms in total. The van der Waals surface area contributed by atoms with Crippen LogP contribution < -0.4 is 5.32 Å². The molecule has 0 radical (unpaired) electrons. The number of aryl methyl sites for hydroxylation is 1. The molecule has 1 aromatic rings. The maximum Gasteiger partial charge on any atom is 0.222 e. The van der Waals surface area contributed by atoms with Gasteiger partial charge in [0.15, 0.2) is 0 Å². The maximum absolute atomic E-state index is 5.65. The van der Waals surface area contributed by atoms with Crippen LogP contribution in [0, 0.1) is 12.8 Å². The van der Waals surface area contributed by atoms with Crippen LogP contribution in [0.5, 0.6) is 0 Å². The summed E-state index contributed by atoms with van der Waals surface area (Å²) in [6.45, 7) is 5.94. The Morgan fingerprint density at radius 1 is 1.56 bits per heavy atom. The Labute approximate surface area is 96.4 Å². The van der Waals surface area contributed by atoms with E-state index < -0.39 is 0 Å². The number of anilines is 1. The molecular weight excluding hydrogens is 202 g/mol. The van der Waals surface area contributed by atoms with Crippen LogP contribution in [0.2, 0.25) is 0 Å². The topological polar surface area (TPSA) is 47.0 Å². The van der Waals surface area contributed by atoms with Gasteiger partial charge in [-0.15, -0.1) is 0 Å². The van der Waals surface area contributed by atoms with Gasteiger partial charge in [-0.25, -0.2) is 9.97 Å². The first-order valence-electron chi connectivity index (χ1n) is 5.94. The third-order valence-electron chi connectivity index (χ3n) is 3.07. The first-order valence-corrected chi connectivity index (χ1v) is 5.94. The number of rotatable bonds is 4. The van der Waals surface area contributed by atoms with Gasteiger partial charge in [0.2, 0.25) is 5.95 Å². The minimum Gasteiger partial charge on any atom is -0.378 e. The van der Waals surface area contributed by atoms with Crippen LogP contribution in [0.1, 0.15) is 25.5 Å². The second-order valence-corrected chi connectivity index (χ2v) is 4.27. The third-order valence-corrected chi connectivity index (χ3v) is 3.07. The Bertz CT molecular complexity index is 343. The highest BCUT2D eigenvalue weighted by atomic mass is 16.5. The van der Waals surface area contributed by atoms with Gasteiger partial charge < -0.3 is 10.1 Å². The fourth-order valence-electron chi connectivity index (χ4n) is 2.13. The molecule has 0 amide bonds. The second-order valence-electron chi connectivity index (χ2n) is 4.27. The van der Waals surface area contributed by atoms with E-state index >= 15 is 0 Å². The van der Waals surface area contributed by atoms with Crippen LogP contribution in [0.25, 0.3) is 0 Å². The van der Waals surface area contributed by atoms with E-state index in [-0.39, 0.29) is 0 Å². The molecule has 0 saturated carbocycles. The van der Waals surface area contributed by atoms with Gasteiger partial charge in [-0.05, 0) is 25.8 Å². The summed E-state index contributed by atoms with van der Waals surface area (Å²) in [6.07, 6.45) is 4.41. The summed E-state index contributed by atoms with van der Waals surface area (Å²) in [5, 5.41) is 3.29. The Balaban J connectivity index is 1.87. The first kappa shape index (κ1) is 11.3. The van der Waals surface area contributed by atoms with Crippen LogP contribution in [-0.2, 0) is 4.74 Å². The summed E-state index contributed by atoms with van der Waals surface area (Å²) in [5.74, 6) is 1.32. The predicted octanol–water partition coefficient (Wildman–Crippen LogP) is 2.01. The molecular formula is C12H19N3O. The van der Waals surface area contributed by atoms with Crippen LogP contribution in [0.3, 0.4) is 0 Å². The van der Waals surface area contributed by atoms with E-state index in [1.165, 1.54) is 0 Å². The van der Waals surface area contributed by atoms with Gasteiger partial charge in [-0.3, -0.25) is 0 Å². The molecule has 0 aromatic carbocycles. The Hall–Kier alpha value is -1.16. The minimum atomic E-state index is 0.400. The number of nitrogens with one attached hydrogen (secondary N) is 1. The highest BCUT2D eigenvalue weighted by molar-refractivity contribution is 5.24. The molecule has 1 aliphatic rings. The van der Waals surface area contributed by atoms with Crippen molar-refractivity contribution in [2.24, 2.45) is 5.92 Å². The Kier molecular flexibility index (Phi) is 3.72. The molecule has 2 unspecified atom stereocenters. The zero-order chi connectivity index (χ0) is 11.4. The van der Waals surface area contributed by atoms with E-state index in [9.17, 15) is 0 Å². The number of hydrogen-bond donors (Lipinski definition) is 1. The van der Waals surface area contributed by atoms with Gasteiger partial charge >= 0.3 is 0 Å². The molecule has 0 bridgehead atoms. The average Bonchev–Trinajstić information content (AvgIpc) is 2.74. The largest absolute Gasteiger partial charge is 0.378 e. The average molecular weight is 221 g/mol. The zero-order valence-electron chi connectivity index (χ0n) is 9.94. The smallest absolute Gasteiger partial charge is 0.222 e. The zero-order valence-corrected chi connectivity index (χ0v) is 9.94. The van der Waals surface area contributed by atoms with Gasteiger partial charge in [-0.2, -0.15) is 0 Å². The third kappa shape index (κ3) is 2.70. The van der Waals surface area contributed by atoms with E-state index in [4.69, 9.17) is 4.74 Å². The van der Waals surface area contributed by atoms with E-state index in [1.807, 2.05) is 13.0 Å². The van der Waals surface area contributed by atoms with Crippen molar-refractivity contribution in [2.75, 3.05) is 18.5 Å². The van der Waals surface area contributed by atoms with Crippen molar-refractivity contribution in [1.29, 1.82) is 0 Å². The van der Waals surface area contributed by atoms with E-state index in [0.717, 1.165) is 37.6 Å². The molecule has 0 spiro atoms. The summed E-state index contributed by atoms with van der Waals surface area (Å²) < 4.78 is 5.65. The molecule has 2 heterocycles. The monoisotopic (exact) mass is 221 g/mol. The molecule has 4 heteroatoms. The number of aromatic nitrogens is 2. The van der Waals surface area contributed by atoms with Crippen molar-refractivity contribution in [3.05, 3.63) is 18.0 Å². The van der Waals surface area contributed by atoms with Gasteiger partial charge in [0.1, 0.15) is 0 Å². The normalized spacial score (nSPS) is 24.6. The van der Waals surface area contributed by atoms with Crippen molar-refractivity contribution in [1.82, 2.24) is 9.97 Å². The molecule has 1 aromatic heterocycles. The number of ether oxygens (including phenoxy) is 1. The lowest BCUT2D eigenvalue weighted by molar-refractivity contribution is 0.0900. The van der Waals surface area contributed by atoms with Crippen LogP contribution in [0.15, 0.2) is 12.3 Å². The molecule has 1 aliphatic heterocycles. The van der Waals surface area contributed by atoms with Crippen LogP contribution >= 0.6 is 0 Å². The Morgan fingerprint density at radius 3 is 3.19 bits per heavy atom. The summed E-state index contributed by atoms with van der Waals surface area (Å²) in [5.41, 5.74) is 0.993. The van der Waals surface area contributed by atoms with E-state index in [1.54, 1.807) is 6.20 Å². The summed E-state index contributed by atoms with van der Waals surface area (Å²) in [7, 11) is 0. The van der Waals surface area contributed by atoms with Gasteiger partial charge in [0.05, 0.1) is 6.10 Å². The first-order chi connectivity index (χ1) is 7.79. The summed E-state index contributed by atoms with van der Waals surface area (Å²) >= 11 is 0. The SMILES string of the molecule is CCC1OCCC1CNc1nccc(C)n1. The van der Waals surface area contributed by atoms with Crippen molar-refractivity contribution >= 4 is 5.95 Å². The van der Waals surface area contributed by atoms with Crippen molar-refractivity contribution in [2.45, 2.75) is 32.8 Å². The maximum atomic E-state index is 5.65. The number of nitrogens with zero attached hydrogens (tertiary/aromatic N) is 2. The fourth-order valence-corrected chi connectivity index (χ4v) is 2.13. The Morgan fingerprint density at radius 2 is 2.44 bits per heavy atom. The molecule has 2 atom stereocenters. The molecule has 1 saturated heterocycles. The standard InChI is InChI=1S/C12H19N3O/c1-3-11-10(5-7-16-11)8-14-12-13-6-4-9(2)15-12/h4,6,10-11H,3,5,7-8H2,1-2H3,(H,13,14,15). The van der Waals surface area contributed by atoms with Crippen LogP contribution in [-0.4, -0.2) is 29.2 Å². The highest BCUT2D eigenvalue weighted by Crippen LogP contribution is 2.23. The lowest BCUT2D eigenvalue weighted by atomic mass is 10.00. The lowest BCUT2D eigenvalue weighted by Crippen LogP contribution is -2.23. The molecule has 88 valence electrons. The quantitative estimate of drug-likeness (QED) is 0.845. The molecule has 2 rings (SSSR count). The van der Waals surface area contributed by atoms with Crippen molar-refractivity contribution in [3.63, 3.8) is 0 Å². The molecule has 1 N–H and O–H groups in total. The van der Waals surface area contributed by atoms with Crippen LogP contribution in [0.4, 0.5) is 5.95 Å². The van der Waals surface area contributed by atoms with Gasteiger partial charge in [0.25, 0.3) is 0 Å². The summed E-state index contributed by atoms with van der Waals surface area (Å²) in [6, 6.07) is 1.90. The molecule has 1 fully saturated rings. The van der Waals surface area contributed by atoms with Gasteiger partial charge in [0, 0.05) is 31.0 Å². The highest BCUT2D eigenvalue weighted by Gasteiger charge is 2.26. The van der Waals surface area contributed by atoms with E-state index in [0.29, 0.717) is 12.0 Å². The minimum absolute atomic E-state index is 0.400. The van der Waals surface area contributed by atoms with Crippen molar-refractivity contribution < 1.29 is 4.74 Å². The van der Waals surface area contributed by atoms with Gasteiger partial charge in [-0.1, -0.05) is 6.92 Å². The molecule has 0 aliphatic carbocycles.